The largest absolute Gasteiger partial charge is 0.273 e. The van der Waals surface area contributed by atoms with Crippen molar-refractivity contribution >= 4 is 33.2 Å². The van der Waals surface area contributed by atoms with Crippen LogP contribution in [0.3, 0.4) is 0 Å². The Labute approximate surface area is 140 Å². The Morgan fingerprint density at radius 3 is 2.54 bits per heavy atom. The Hall–Kier alpha value is -2.56. The molecule has 0 aliphatic carbocycles. The molecular weight excluding hydrogens is 365 g/mol. The minimum atomic E-state index is -4.39. The molecule has 0 aliphatic heterocycles. The number of carbonyl (C=O) groups excluding carboxylic acids is 1. The molecule has 1 amide bonds. The van der Waals surface area contributed by atoms with Crippen molar-refractivity contribution in [2.75, 3.05) is 0 Å². The Balaban J connectivity index is 2.16. The number of non-ortho nitro benzene ring substituents is 1. The molecule has 2 aromatic rings. The van der Waals surface area contributed by atoms with Gasteiger partial charge in [0.1, 0.15) is 10.7 Å². The maximum atomic E-state index is 13.6. The van der Waals surface area contributed by atoms with E-state index in [0.717, 1.165) is 18.2 Å². The van der Waals surface area contributed by atoms with Gasteiger partial charge in [-0.1, -0.05) is 17.7 Å². The molecule has 2 rings (SSSR count). The highest BCUT2D eigenvalue weighted by atomic mass is 35.5. The SMILES string of the molecule is O=C(NNS(=O)(=O)c1ccc(Cl)cc1F)c1cccc([N+](=O)[O-])c1. The highest BCUT2D eigenvalue weighted by Crippen LogP contribution is 2.18. The van der Waals surface area contributed by atoms with Crippen LogP contribution in [0, 0.1) is 15.9 Å². The van der Waals surface area contributed by atoms with Crippen LogP contribution in [0.2, 0.25) is 5.02 Å². The maximum Gasteiger partial charge on any atom is 0.270 e. The second-order valence-corrected chi connectivity index (χ2v) is 6.53. The first-order valence-corrected chi connectivity index (χ1v) is 8.08. The van der Waals surface area contributed by atoms with Gasteiger partial charge in [0, 0.05) is 22.7 Å². The molecule has 0 heterocycles. The summed E-state index contributed by atoms with van der Waals surface area (Å²) in [5.74, 6) is -2.05. The Bertz CT molecular complexity index is 920. The zero-order chi connectivity index (χ0) is 17.9. The molecule has 0 atom stereocenters. The third-order valence-electron chi connectivity index (χ3n) is 2.80. The van der Waals surface area contributed by atoms with E-state index < -0.39 is 31.6 Å². The number of nitro groups is 1. The normalized spacial score (nSPS) is 11.1. The van der Waals surface area contributed by atoms with Gasteiger partial charge in [-0.2, -0.15) is 0 Å². The first-order valence-electron chi connectivity index (χ1n) is 6.22. The molecule has 0 radical (unpaired) electrons. The van der Waals surface area contributed by atoms with Crippen molar-refractivity contribution in [3.63, 3.8) is 0 Å². The van der Waals surface area contributed by atoms with E-state index in [4.69, 9.17) is 11.6 Å². The molecule has 11 heteroatoms. The van der Waals surface area contributed by atoms with Gasteiger partial charge in [-0.25, -0.2) is 12.8 Å². The van der Waals surface area contributed by atoms with Gasteiger partial charge in [0.2, 0.25) is 0 Å². The van der Waals surface area contributed by atoms with Crippen molar-refractivity contribution in [2.45, 2.75) is 4.90 Å². The van der Waals surface area contributed by atoms with E-state index in [0.29, 0.717) is 0 Å². The summed E-state index contributed by atoms with van der Waals surface area (Å²) in [6.07, 6.45) is 0. The number of hydrazine groups is 1. The number of nitrogens with one attached hydrogen (secondary N) is 2. The fourth-order valence-electron chi connectivity index (χ4n) is 1.69. The summed E-state index contributed by atoms with van der Waals surface area (Å²) in [7, 11) is -4.39. The Morgan fingerprint density at radius 2 is 1.92 bits per heavy atom. The summed E-state index contributed by atoms with van der Waals surface area (Å²) in [5, 5.41) is 10.7. The van der Waals surface area contributed by atoms with Crippen LogP contribution in [0.25, 0.3) is 0 Å². The highest BCUT2D eigenvalue weighted by molar-refractivity contribution is 7.89. The number of rotatable bonds is 5. The molecule has 0 unspecified atom stereocenters. The molecular formula is C13H9ClFN3O5S. The van der Waals surface area contributed by atoms with Crippen LogP contribution in [-0.4, -0.2) is 19.2 Å². The van der Waals surface area contributed by atoms with Gasteiger partial charge in [-0.3, -0.25) is 20.3 Å². The van der Waals surface area contributed by atoms with Crippen LogP contribution in [0.1, 0.15) is 10.4 Å². The molecule has 0 saturated carbocycles. The first kappa shape index (κ1) is 17.8. The number of nitro benzene ring substituents is 1. The van der Waals surface area contributed by atoms with Gasteiger partial charge in [-0.05, 0) is 24.3 Å². The average Bonchev–Trinajstić information content (AvgIpc) is 2.52. The molecule has 8 nitrogen and oxygen atoms in total. The number of amides is 1. The predicted molar refractivity (Wildman–Crippen MR) is 82.3 cm³/mol. The van der Waals surface area contributed by atoms with Crippen LogP contribution >= 0.6 is 11.6 Å². The van der Waals surface area contributed by atoms with Crippen LogP contribution in [0.15, 0.2) is 47.4 Å². The van der Waals surface area contributed by atoms with Crippen LogP contribution in [0.4, 0.5) is 10.1 Å². The molecule has 0 bridgehead atoms. The first-order chi connectivity index (χ1) is 11.2. The maximum absolute atomic E-state index is 13.6. The third kappa shape index (κ3) is 4.04. The number of halogens is 2. The molecule has 0 spiro atoms. The summed E-state index contributed by atoms with van der Waals surface area (Å²) >= 11 is 5.53. The third-order valence-corrected chi connectivity index (χ3v) is 4.32. The Morgan fingerprint density at radius 1 is 1.21 bits per heavy atom. The zero-order valence-electron chi connectivity index (χ0n) is 11.7. The second kappa shape index (κ2) is 6.91. The fraction of sp³-hybridized carbons (Fsp3) is 0. The molecule has 0 aromatic heterocycles. The number of nitrogens with zero attached hydrogens (tertiary/aromatic N) is 1. The van der Waals surface area contributed by atoms with E-state index in [-0.39, 0.29) is 16.3 Å². The van der Waals surface area contributed by atoms with Crippen molar-refractivity contribution in [2.24, 2.45) is 0 Å². The van der Waals surface area contributed by atoms with Gasteiger partial charge in [0.05, 0.1) is 4.92 Å². The van der Waals surface area contributed by atoms with E-state index in [9.17, 15) is 27.7 Å². The number of benzene rings is 2. The number of hydrogen-bond acceptors (Lipinski definition) is 5. The molecule has 0 aliphatic rings. The molecule has 2 aromatic carbocycles. The quantitative estimate of drug-likeness (QED) is 0.614. The van der Waals surface area contributed by atoms with Crippen LogP contribution in [-0.2, 0) is 10.0 Å². The van der Waals surface area contributed by atoms with Gasteiger partial charge in [0.15, 0.2) is 0 Å². The summed E-state index contributed by atoms with van der Waals surface area (Å²) < 4.78 is 37.6. The van der Waals surface area contributed by atoms with Crippen molar-refractivity contribution in [1.82, 2.24) is 10.3 Å². The summed E-state index contributed by atoms with van der Waals surface area (Å²) in [4.78, 5) is 22.8. The van der Waals surface area contributed by atoms with Crippen LogP contribution in [0.5, 0.6) is 0 Å². The monoisotopic (exact) mass is 373 g/mol. The lowest BCUT2D eigenvalue weighted by Gasteiger charge is -2.09. The molecule has 0 saturated heterocycles. The predicted octanol–water partition coefficient (Wildman–Crippen LogP) is 2.01. The van der Waals surface area contributed by atoms with Crippen molar-refractivity contribution in [1.29, 1.82) is 0 Å². The van der Waals surface area contributed by atoms with E-state index in [1.807, 2.05) is 5.43 Å². The van der Waals surface area contributed by atoms with Crippen molar-refractivity contribution in [3.05, 3.63) is 69.0 Å². The van der Waals surface area contributed by atoms with Gasteiger partial charge >= 0.3 is 0 Å². The van der Waals surface area contributed by atoms with E-state index in [2.05, 4.69) is 0 Å². The number of sulfonamides is 1. The number of hydrogen-bond donors (Lipinski definition) is 2. The summed E-state index contributed by atoms with van der Waals surface area (Å²) in [5.41, 5.74) is 1.36. The standard InChI is InChI=1S/C13H9ClFN3O5S/c14-9-4-5-12(11(15)7-9)24(22,23)17-16-13(19)8-2-1-3-10(6-8)18(20)21/h1-7,17H,(H,16,19). The van der Waals surface area contributed by atoms with Gasteiger partial charge in [0.25, 0.3) is 21.6 Å². The smallest absolute Gasteiger partial charge is 0.270 e. The van der Waals surface area contributed by atoms with Crippen molar-refractivity contribution < 1.29 is 22.5 Å². The number of carbonyl (C=O) groups is 1. The van der Waals surface area contributed by atoms with Gasteiger partial charge in [-0.15, -0.1) is 4.83 Å². The van der Waals surface area contributed by atoms with E-state index >= 15 is 0 Å². The minimum Gasteiger partial charge on any atom is -0.273 e. The molecule has 126 valence electrons. The minimum absolute atomic E-state index is 0.00656. The Kier molecular flexibility index (Phi) is 5.12. The highest BCUT2D eigenvalue weighted by Gasteiger charge is 2.20. The molecule has 2 N–H and O–H groups in total. The summed E-state index contributed by atoms with van der Waals surface area (Å²) in [6.45, 7) is 0. The summed E-state index contributed by atoms with van der Waals surface area (Å²) in [6, 6.07) is 7.55. The lowest BCUT2D eigenvalue weighted by atomic mass is 10.2. The molecule has 0 fully saturated rings. The topological polar surface area (TPSA) is 118 Å². The van der Waals surface area contributed by atoms with Crippen LogP contribution < -0.4 is 10.3 Å². The van der Waals surface area contributed by atoms with E-state index in [1.165, 1.54) is 24.3 Å². The van der Waals surface area contributed by atoms with Crippen molar-refractivity contribution in [3.8, 4) is 0 Å². The zero-order valence-corrected chi connectivity index (χ0v) is 13.3. The lowest BCUT2D eigenvalue weighted by molar-refractivity contribution is -0.384. The fourth-order valence-corrected chi connectivity index (χ4v) is 2.75. The average molecular weight is 374 g/mol. The second-order valence-electron chi connectivity index (χ2n) is 4.44. The molecule has 24 heavy (non-hydrogen) atoms. The lowest BCUT2D eigenvalue weighted by Crippen LogP contribution is -2.41. The van der Waals surface area contributed by atoms with E-state index in [1.54, 1.807) is 4.83 Å². The van der Waals surface area contributed by atoms with Gasteiger partial charge < -0.3 is 0 Å².